The van der Waals surface area contributed by atoms with Gasteiger partial charge in [0.2, 0.25) is 5.91 Å². The van der Waals surface area contributed by atoms with Crippen molar-refractivity contribution >= 4 is 5.91 Å². The number of carbonyl (C=O) groups excluding carboxylic acids is 1. The summed E-state index contributed by atoms with van der Waals surface area (Å²) < 4.78 is 6.10. The van der Waals surface area contributed by atoms with Gasteiger partial charge < -0.3 is 9.64 Å². The summed E-state index contributed by atoms with van der Waals surface area (Å²) in [5.74, 6) is 1.06. The van der Waals surface area contributed by atoms with Crippen LogP contribution in [0.25, 0.3) is 0 Å². The fourth-order valence-electron chi connectivity index (χ4n) is 3.72. The summed E-state index contributed by atoms with van der Waals surface area (Å²) >= 11 is 0. The lowest BCUT2D eigenvalue weighted by molar-refractivity contribution is -0.144. The largest absolute Gasteiger partial charge is 0.486 e. The molecular formula is C21H25N3O2. The zero-order valence-electron chi connectivity index (χ0n) is 15.0. The average Bonchev–Trinajstić information content (AvgIpc) is 3.14. The van der Waals surface area contributed by atoms with Gasteiger partial charge >= 0.3 is 0 Å². The minimum Gasteiger partial charge on any atom is -0.486 e. The number of nitrogens with one attached hydrogen (secondary N) is 2. The van der Waals surface area contributed by atoms with E-state index in [2.05, 4.69) is 36.0 Å². The number of aryl methyl sites for hydroxylation is 1. The van der Waals surface area contributed by atoms with E-state index in [0.717, 1.165) is 17.7 Å². The lowest BCUT2D eigenvalue weighted by Gasteiger charge is -2.41. The fraction of sp³-hybridized carbons (Fsp3) is 0.381. The second-order valence-corrected chi connectivity index (χ2v) is 6.96. The first kappa shape index (κ1) is 17.1. The maximum atomic E-state index is 12.9. The van der Waals surface area contributed by atoms with Crippen molar-refractivity contribution in [3.63, 3.8) is 0 Å². The summed E-state index contributed by atoms with van der Waals surface area (Å²) in [4.78, 5) is 14.8. The number of carbonyl (C=O) groups is 1. The third kappa shape index (κ3) is 3.32. The molecular weight excluding hydrogens is 326 g/mol. The van der Waals surface area contributed by atoms with Gasteiger partial charge in [-0.05, 0) is 23.6 Å². The second kappa shape index (κ2) is 7.48. The zero-order valence-corrected chi connectivity index (χ0v) is 15.0. The molecule has 0 aromatic heterocycles. The molecule has 2 saturated heterocycles. The second-order valence-electron chi connectivity index (χ2n) is 6.96. The van der Waals surface area contributed by atoms with E-state index < -0.39 is 0 Å². The minimum atomic E-state index is -0.0821. The SMILES string of the molecule is CCc1ccccc1OC1CN(C(=O)C2CNNC2c2ccccc2)C1. The number of hydrogen-bond acceptors (Lipinski definition) is 4. The third-order valence-electron chi connectivity index (χ3n) is 5.26. The summed E-state index contributed by atoms with van der Waals surface area (Å²) in [6.45, 7) is 4.10. The Bertz CT molecular complexity index is 759. The molecule has 0 saturated carbocycles. The number of amides is 1. The highest BCUT2D eigenvalue weighted by Crippen LogP contribution is 2.29. The van der Waals surface area contributed by atoms with Crippen LogP contribution in [0.15, 0.2) is 54.6 Å². The summed E-state index contributed by atoms with van der Waals surface area (Å²) in [5, 5.41) is 0. The number of nitrogens with zero attached hydrogens (tertiary/aromatic N) is 1. The van der Waals surface area contributed by atoms with E-state index in [4.69, 9.17) is 4.74 Å². The van der Waals surface area contributed by atoms with Crippen molar-refractivity contribution in [2.24, 2.45) is 5.92 Å². The van der Waals surface area contributed by atoms with Crippen LogP contribution in [0, 0.1) is 5.92 Å². The van der Waals surface area contributed by atoms with Crippen LogP contribution in [0.1, 0.15) is 24.1 Å². The number of likely N-dealkylation sites (tertiary alicyclic amines) is 1. The molecule has 2 aromatic rings. The first-order valence-corrected chi connectivity index (χ1v) is 9.33. The molecule has 2 N–H and O–H groups in total. The highest BCUT2D eigenvalue weighted by molar-refractivity contribution is 5.81. The van der Waals surface area contributed by atoms with E-state index in [1.54, 1.807) is 0 Å². The third-order valence-corrected chi connectivity index (χ3v) is 5.26. The molecule has 26 heavy (non-hydrogen) atoms. The van der Waals surface area contributed by atoms with Crippen LogP contribution in [-0.2, 0) is 11.2 Å². The van der Waals surface area contributed by atoms with Crippen molar-refractivity contribution in [1.82, 2.24) is 15.8 Å². The number of hydrogen-bond donors (Lipinski definition) is 2. The molecule has 0 aliphatic carbocycles. The van der Waals surface area contributed by atoms with E-state index >= 15 is 0 Å². The van der Waals surface area contributed by atoms with Crippen molar-refractivity contribution in [1.29, 1.82) is 0 Å². The van der Waals surface area contributed by atoms with Gasteiger partial charge in [0.1, 0.15) is 11.9 Å². The van der Waals surface area contributed by atoms with Gasteiger partial charge in [-0.15, -0.1) is 0 Å². The molecule has 2 atom stereocenters. The molecule has 5 nitrogen and oxygen atoms in total. The van der Waals surface area contributed by atoms with E-state index in [0.29, 0.717) is 19.6 Å². The van der Waals surface area contributed by atoms with Crippen molar-refractivity contribution in [2.75, 3.05) is 19.6 Å². The van der Waals surface area contributed by atoms with Crippen molar-refractivity contribution in [3.8, 4) is 5.75 Å². The van der Waals surface area contributed by atoms with Gasteiger partial charge in [-0.25, -0.2) is 5.43 Å². The van der Waals surface area contributed by atoms with Gasteiger partial charge in [0.05, 0.1) is 25.0 Å². The Hall–Kier alpha value is -2.37. The Kier molecular flexibility index (Phi) is 4.91. The number of benzene rings is 2. The van der Waals surface area contributed by atoms with Crippen molar-refractivity contribution in [2.45, 2.75) is 25.5 Å². The monoisotopic (exact) mass is 351 g/mol. The van der Waals surface area contributed by atoms with Gasteiger partial charge in [-0.1, -0.05) is 55.5 Å². The molecule has 0 radical (unpaired) electrons. The van der Waals surface area contributed by atoms with Gasteiger partial charge in [-0.3, -0.25) is 10.2 Å². The number of hydrazine groups is 1. The Balaban J connectivity index is 1.36. The maximum absolute atomic E-state index is 12.9. The maximum Gasteiger partial charge on any atom is 0.229 e. The highest BCUT2D eigenvalue weighted by Gasteiger charge is 2.41. The number of ether oxygens (including phenoxy) is 1. The normalized spacial score (nSPS) is 22.9. The first-order chi connectivity index (χ1) is 12.8. The summed E-state index contributed by atoms with van der Waals surface area (Å²) in [5.41, 5.74) is 8.74. The molecule has 2 aromatic carbocycles. The van der Waals surface area contributed by atoms with E-state index in [9.17, 15) is 4.79 Å². The summed E-state index contributed by atoms with van der Waals surface area (Å²) in [7, 11) is 0. The lowest BCUT2D eigenvalue weighted by atomic mass is 9.92. The molecule has 0 bridgehead atoms. The topological polar surface area (TPSA) is 53.6 Å². The first-order valence-electron chi connectivity index (χ1n) is 9.33. The molecule has 2 heterocycles. The molecule has 0 spiro atoms. The Morgan fingerprint density at radius 2 is 1.85 bits per heavy atom. The van der Waals surface area contributed by atoms with Crippen molar-refractivity contribution < 1.29 is 9.53 Å². The lowest BCUT2D eigenvalue weighted by Crippen LogP contribution is -2.58. The summed E-state index contributed by atoms with van der Waals surface area (Å²) in [6, 6.07) is 18.3. The van der Waals surface area contributed by atoms with Gasteiger partial charge in [0.15, 0.2) is 0 Å². The molecule has 2 aliphatic heterocycles. The molecule has 2 fully saturated rings. The smallest absolute Gasteiger partial charge is 0.229 e. The minimum absolute atomic E-state index is 0.0180. The Labute approximate surface area is 154 Å². The van der Waals surface area contributed by atoms with Crippen molar-refractivity contribution in [3.05, 3.63) is 65.7 Å². The molecule has 5 heteroatoms. The van der Waals surface area contributed by atoms with Crippen LogP contribution < -0.4 is 15.6 Å². The number of rotatable bonds is 5. The molecule has 1 amide bonds. The molecule has 2 unspecified atom stereocenters. The van der Waals surface area contributed by atoms with E-state index in [-0.39, 0.29) is 24.0 Å². The standard InChI is InChI=1S/C21H25N3O2/c1-2-15-8-6-7-11-19(15)26-17-13-24(14-17)21(25)18-12-22-23-20(18)16-9-4-3-5-10-16/h3-11,17-18,20,22-23H,2,12-14H2,1H3. The van der Waals surface area contributed by atoms with Crippen LogP contribution in [0.4, 0.5) is 0 Å². The van der Waals surface area contributed by atoms with Crippen LogP contribution >= 0.6 is 0 Å². The Morgan fingerprint density at radius 3 is 2.62 bits per heavy atom. The summed E-state index contributed by atoms with van der Waals surface area (Å²) in [6.07, 6.45) is 1.04. The quantitative estimate of drug-likeness (QED) is 0.868. The van der Waals surface area contributed by atoms with Gasteiger partial charge in [0, 0.05) is 6.54 Å². The van der Waals surface area contributed by atoms with Gasteiger partial charge in [0.25, 0.3) is 0 Å². The molecule has 2 aliphatic rings. The van der Waals surface area contributed by atoms with Crippen LogP contribution in [0.2, 0.25) is 0 Å². The van der Waals surface area contributed by atoms with E-state index in [1.165, 1.54) is 5.56 Å². The highest BCUT2D eigenvalue weighted by atomic mass is 16.5. The molecule has 136 valence electrons. The Morgan fingerprint density at radius 1 is 1.12 bits per heavy atom. The van der Waals surface area contributed by atoms with Crippen LogP contribution in [-0.4, -0.2) is 36.5 Å². The van der Waals surface area contributed by atoms with Crippen LogP contribution in [0.5, 0.6) is 5.75 Å². The number of para-hydroxylation sites is 1. The average molecular weight is 351 g/mol. The predicted molar refractivity (Wildman–Crippen MR) is 101 cm³/mol. The van der Waals surface area contributed by atoms with Crippen LogP contribution in [0.3, 0.4) is 0 Å². The zero-order chi connectivity index (χ0) is 17.9. The molecule has 4 rings (SSSR count). The van der Waals surface area contributed by atoms with E-state index in [1.807, 2.05) is 41.3 Å². The fourth-order valence-corrected chi connectivity index (χ4v) is 3.72. The predicted octanol–water partition coefficient (Wildman–Crippen LogP) is 2.30. The van der Waals surface area contributed by atoms with Gasteiger partial charge in [-0.2, -0.15) is 0 Å².